The maximum atomic E-state index is 10.9. The number of aromatic nitrogens is 3. The third-order valence-corrected chi connectivity index (χ3v) is 6.65. The van der Waals surface area contributed by atoms with Crippen LogP contribution in [0.15, 0.2) is 53.8 Å². The number of halogens is 1. The summed E-state index contributed by atoms with van der Waals surface area (Å²) in [6.07, 6.45) is 12.3. The van der Waals surface area contributed by atoms with E-state index in [2.05, 4.69) is 26.3 Å². The van der Waals surface area contributed by atoms with Gasteiger partial charge in [-0.3, -0.25) is 0 Å². The monoisotopic (exact) mass is 490 g/mol. The molecule has 2 N–H and O–H groups in total. The average Bonchev–Trinajstić information content (AvgIpc) is 3.38. The number of pyridine rings is 1. The fraction of sp³-hybridized carbons (Fsp3) is 0.296. The van der Waals surface area contributed by atoms with Crippen LogP contribution in [-0.4, -0.2) is 34.9 Å². The largest absolute Gasteiger partial charge is 0.493 e. The number of hydrogen-bond donors (Lipinski definition) is 2. The summed E-state index contributed by atoms with van der Waals surface area (Å²) in [4.78, 5) is 23.4. The molecular weight excluding hydrogens is 464 g/mol. The molecule has 0 bridgehead atoms. The summed E-state index contributed by atoms with van der Waals surface area (Å²) in [5.41, 5.74) is 3.88. The lowest BCUT2D eigenvalue weighted by Crippen LogP contribution is -2.20. The van der Waals surface area contributed by atoms with Crippen molar-refractivity contribution in [2.75, 3.05) is 19.0 Å². The van der Waals surface area contributed by atoms with E-state index in [-0.39, 0.29) is 5.92 Å². The first-order valence-electron chi connectivity index (χ1n) is 11.8. The number of allylic oxidation sites excluding steroid dienone is 4. The second kappa shape index (κ2) is 10.4. The lowest BCUT2D eigenvalue weighted by molar-refractivity contribution is -0.107. The summed E-state index contributed by atoms with van der Waals surface area (Å²) < 4.78 is 12.3. The number of carbonyl (C=O) groups is 1. The number of carbonyl (C=O) groups excluding carboxylic acids is 1. The molecule has 3 heterocycles. The zero-order chi connectivity index (χ0) is 24.2. The van der Waals surface area contributed by atoms with Crippen molar-refractivity contribution in [3.63, 3.8) is 0 Å². The van der Waals surface area contributed by atoms with Gasteiger partial charge in [0.2, 0.25) is 0 Å². The first-order valence-corrected chi connectivity index (χ1v) is 12.2. The van der Waals surface area contributed by atoms with Crippen LogP contribution in [0.3, 0.4) is 0 Å². The summed E-state index contributed by atoms with van der Waals surface area (Å²) in [6, 6.07) is 7.68. The fourth-order valence-corrected chi connectivity index (χ4v) is 4.82. The lowest BCUT2D eigenvalue weighted by atomic mass is 9.96. The van der Waals surface area contributed by atoms with E-state index in [4.69, 9.17) is 21.1 Å². The van der Waals surface area contributed by atoms with Crippen molar-refractivity contribution in [3.8, 4) is 17.2 Å². The molecule has 0 saturated heterocycles. The summed E-state index contributed by atoms with van der Waals surface area (Å²) in [5, 5.41) is 3.85. The van der Waals surface area contributed by atoms with E-state index in [1.807, 2.05) is 43.6 Å². The molecule has 180 valence electrons. The molecule has 7 nitrogen and oxygen atoms in total. The Bertz CT molecular complexity index is 1300. The maximum absolute atomic E-state index is 10.9. The molecule has 0 radical (unpaired) electrons. The zero-order valence-electron chi connectivity index (χ0n) is 19.5. The molecule has 8 heteroatoms. The topological polar surface area (TPSA) is 89.1 Å². The van der Waals surface area contributed by atoms with Crippen molar-refractivity contribution in [2.45, 2.75) is 38.0 Å². The number of nitrogens with one attached hydrogen (secondary N) is 2. The van der Waals surface area contributed by atoms with Crippen LogP contribution in [0.1, 0.15) is 47.8 Å². The van der Waals surface area contributed by atoms with Gasteiger partial charge in [-0.15, -0.1) is 0 Å². The highest BCUT2D eigenvalue weighted by molar-refractivity contribution is 6.37. The van der Waals surface area contributed by atoms with Gasteiger partial charge in [0.1, 0.15) is 35.2 Å². The number of rotatable bonds is 8. The zero-order valence-corrected chi connectivity index (χ0v) is 20.3. The number of benzene rings is 1. The van der Waals surface area contributed by atoms with Gasteiger partial charge in [-0.05, 0) is 55.5 Å². The molecule has 0 fully saturated rings. The fourth-order valence-electron chi connectivity index (χ4n) is 4.53. The number of fused-ring (bicyclic) bond motifs is 1. The second-order valence-corrected chi connectivity index (χ2v) is 9.01. The Morgan fingerprint density at radius 2 is 2.14 bits per heavy atom. The van der Waals surface area contributed by atoms with E-state index in [0.717, 1.165) is 64.5 Å². The molecule has 1 unspecified atom stereocenters. The van der Waals surface area contributed by atoms with Crippen molar-refractivity contribution in [1.82, 2.24) is 15.0 Å². The van der Waals surface area contributed by atoms with Crippen molar-refractivity contribution in [3.05, 3.63) is 76.5 Å². The minimum absolute atomic E-state index is 0.0958. The second-order valence-electron chi connectivity index (χ2n) is 8.60. The highest BCUT2D eigenvalue weighted by Crippen LogP contribution is 2.37. The number of nitrogens with zero attached hydrogens (tertiary/aromatic N) is 2. The number of aldehydes is 1. The Balaban J connectivity index is 1.35. The molecule has 2 aromatic heterocycles. The molecule has 1 aliphatic carbocycles. The van der Waals surface area contributed by atoms with Crippen LogP contribution in [0.2, 0.25) is 0 Å². The summed E-state index contributed by atoms with van der Waals surface area (Å²) in [7, 11) is 1.81. The van der Waals surface area contributed by atoms with E-state index in [1.165, 1.54) is 0 Å². The maximum Gasteiger partial charge on any atom is 0.135 e. The van der Waals surface area contributed by atoms with Crippen LogP contribution in [0.5, 0.6) is 17.2 Å². The third-order valence-electron chi connectivity index (χ3n) is 6.30. The van der Waals surface area contributed by atoms with Gasteiger partial charge in [0, 0.05) is 35.8 Å². The highest BCUT2D eigenvalue weighted by atomic mass is 35.5. The molecular formula is C27H27ClN4O3. The SMILES string of the molecule is CNc1nccc(Oc2ccc3c(c2)CC(c2ncc(C4=CCCC=C4Cl)[nH]2)CO3)c1CCC=O. The van der Waals surface area contributed by atoms with Crippen molar-refractivity contribution in [2.24, 2.45) is 0 Å². The van der Waals surface area contributed by atoms with Gasteiger partial charge < -0.3 is 24.6 Å². The van der Waals surface area contributed by atoms with E-state index in [0.29, 0.717) is 36.8 Å². The van der Waals surface area contributed by atoms with Crippen LogP contribution < -0.4 is 14.8 Å². The Morgan fingerprint density at radius 3 is 2.97 bits per heavy atom. The van der Waals surface area contributed by atoms with E-state index < -0.39 is 0 Å². The van der Waals surface area contributed by atoms with Gasteiger partial charge in [0.15, 0.2) is 0 Å². The number of hydrogen-bond acceptors (Lipinski definition) is 6. The van der Waals surface area contributed by atoms with Crippen LogP contribution in [0, 0.1) is 0 Å². The molecule has 0 spiro atoms. The number of aromatic amines is 1. The van der Waals surface area contributed by atoms with Gasteiger partial charge in [0.25, 0.3) is 0 Å². The van der Waals surface area contributed by atoms with Crippen molar-refractivity contribution in [1.29, 1.82) is 0 Å². The standard InChI is InChI=1S/C27H27ClN4O3/c1-29-27-21(6-4-12-33)25(10-11-30-27)35-19-8-9-24-17(14-19)13-18(16-34-24)26-31-15-23(32-26)20-5-2-3-7-22(20)28/h5,7-12,14-15,18H,2-4,6,13,16H2,1H3,(H,29,30)(H,31,32). The molecule has 5 rings (SSSR count). The summed E-state index contributed by atoms with van der Waals surface area (Å²) in [5.74, 6) is 3.93. The van der Waals surface area contributed by atoms with Crippen molar-refractivity contribution >= 4 is 29.3 Å². The molecule has 1 aromatic carbocycles. The normalized spacial score (nSPS) is 17.0. The quantitative estimate of drug-likeness (QED) is 0.388. The van der Waals surface area contributed by atoms with Crippen LogP contribution in [0.4, 0.5) is 5.82 Å². The van der Waals surface area contributed by atoms with Gasteiger partial charge in [-0.2, -0.15) is 0 Å². The molecule has 1 atom stereocenters. The van der Waals surface area contributed by atoms with Crippen LogP contribution >= 0.6 is 11.6 Å². The minimum Gasteiger partial charge on any atom is -0.493 e. The van der Waals surface area contributed by atoms with Crippen molar-refractivity contribution < 1.29 is 14.3 Å². The first kappa shape index (κ1) is 23.2. The van der Waals surface area contributed by atoms with Gasteiger partial charge >= 0.3 is 0 Å². The Kier molecular flexibility index (Phi) is 6.86. The Morgan fingerprint density at radius 1 is 1.26 bits per heavy atom. The predicted octanol–water partition coefficient (Wildman–Crippen LogP) is 5.79. The Labute approximate surface area is 209 Å². The molecule has 2 aliphatic rings. The predicted molar refractivity (Wildman–Crippen MR) is 136 cm³/mol. The lowest BCUT2D eigenvalue weighted by Gasteiger charge is -2.24. The van der Waals surface area contributed by atoms with E-state index >= 15 is 0 Å². The number of H-pyrrole nitrogens is 1. The summed E-state index contributed by atoms with van der Waals surface area (Å²) in [6.45, 7) is 0.550. The number of anilines is 1. The number of imidazole rings is 1. The minimum atomic E-state index is 0.0958. The van der Waals surface area contributed by atoms with Crippen LogP contribution in [0.25, 0.3) is 5.57 Å². The molecule has 3 aromatic rings. The third kappa shape index (κ3) is 4.95. The van der Waals surface area contributed by atoms with E-state index in [1.54, 1.807) is 6.20 Å². The molecule has 0 saturated carbocycles. The molecule has 0 amide bonds. The van der Waals surface area contributed by atoms with Gasteiger partial charge in [-0.1, -0.05) is 23.8 Å². The van der Waals surface area contributed by atoms with Crippen LogP contribution in [-0.2, 0) is 17.6 Å². The average molecular weight is 491 g/mol. The summed E-state index contributed by atoms with van der Waals surface area (Å²) >= 11 is 6.40. The molecule has 1 aliphatic heterocycles. The van der Waals surface area contributed by atoms with Gasteiger partial charge in [-0.25, -0.2) is 9.97 Å². The van der Waals surface area contributed by atoms with E-state index in [9.17, 15) is 4.79 Å². The number of ether oxygens (including phenoxy) is 2. The Hall–Kier alpha value is -3.58. The van der Waals surface area contributed by atoms with Gasteiger partial charge in [0.05, 0.1) is 24.4 Å². The smallest absolute Gasteiger partial charge is 0.135 e. The molecule has 35 heavy (non-hydrogen) atoms. The first-order chi connectivity index (χ1) is 17.2. The highest BCUT2D eigenvalue weighted by Gasteiger charge is 2.25.